The molecule has 94 valence electrons. The minimum absolute atomic E-state index is 0.240. The van der Waals surface area contributed by atoms with Crippen molar-refractivity contribution >= 4 is 0 Å². The molecule has 0 bridgehead atoms. The van der Waals surface area contributed by atoms with E-state index in [0.717, 1.165) is 5.56 Å². The van der Waals surface area contributed by atoms with Gasteiger partial charge in [-0.1, -0.05) is 25.1 Å². The Balaban J connectivity index is 2.34. The largest absolute Gasteiger partial charge is 0.321 e. The molecule has 1 heterocycles. The molecule has 1 unspecified atom stereocenters. The highest BCUT2D eigenvalue weighted by Crippen LogP contribution is 2.28. The second-order valence-electron chi connectivity index (χ2n) is 4.52. The molecule has 0 amide bonds. The molecule has 2 aromatic rings. The quantitative estimate of drug-likeness (QED) is 0.897. The lowest BCUT2D eigenvalue weighted by molar-refractivity contribution is 0.402. The molecular formula is C15H17FN2. The predicted molar refractivity (Wildman–Crippen MR) is 70.5 cm³/mol. The van der Waals surface area contributed by atoms with Crippen molar-refractivity contribution in [2.24, 2.45) is 5.73 Å². The number of aromatic nitrogens is 1. The van der Waals surface area contributed by atoms with Crippen LogP contribution in [-0.2, 0) is 12.0 Å². The Morgan fingerprint density at radius 1 is 1.17 bits per heavy atom. The summed E-state index contributed by atoms with van der Waals surface area (Å²) in [6, 6.07) is 10.6. The highest BCUT2D eigenvalue weighted by molar-refractivity contribution is 5.29. The average molecular weight is 244 g/mol. The number of rotatable bonds is 4. The molecule has 0 saturated heterocycles. The summed E-state index contributed by atoms with van der Waals surface area (Å²) in [5.41, 5.74) is 7.36. The third kappa shape index (κ3) is 2.57. The second-order valence-corrected chi connectivity index (χ2v) is 4.52. The second kappa shape index (κ2) is 5.27. The summed E-state index contributed by atoms with van der Waals surface area (Å²) >= 11 is 0. The molecule has 2 N–H and O–H groups in total. The summed E-state index contributed by atoms with van der Waals surface area (Å²) in [4.78, 5) is 3.98. The van der Waals surface area contributed by atoms with E-state index in [9.17, 15) is 4.39 Å². The van der Waals surface area contributed by atoms with Gasteiger partial charge in [0.15, 0.2) is 0 Å². The first-order valence-electron chi connectivity index (χ1n) is 6.08. The summed E-state index contributed by atoms with van der Waals surface area (Å²) in [5.74, 6) is -0.240. The number of hydrogen-bond donors (Lipinski definition) is 1. The van der Waals surface area contributed by atoms with Crippen LogP contribution in [0.3, 0.4) is 0 Å². The Bertz CT molecular complexity index is 513. The molecule has 0 aliphatic carbocycles. The summed E-state index contributed by atoms with van der Waals surface area (Å²) in [6.07, 6.45) is 4.74. The molecule has 1 aromatic heterocycles. The van der Waals surface area contributed by atoms with Crippen molar-refractivity contribution in [2.75, 3.05) is 0 Å². The van der Waals surface area contributed by atoms with Crippen molar-refractivity contribution in [3.8, 4) is 0 Å². The van der Waals surface area contributed by atoms with Gasteiger partial charge in [-0.25, -0.2) is 4.39 Å². The van der Waals surface area contributed by atoms with Crippen LogP contribution >= 0.6 is 0 Å². The number of pyridine rings is 1. The summed E-state index contributed by atoms with van der Waals surface area (Å²) in [5, 5.41) is 0. The number of halogens is 1. The fourth-order valence-corrected chi connectivity index (χ4v) is 2.14. The van der Waals surface area contributed by atoms with Gasteiger partial charge in [0.25, 0.3) is 0 Å². The lowest BCUT2D eigenvalue weighted by atomic mass is 9.82. The molecule has 18 heavy (non-hydrogen) atoms. The molecule has 1 aromatic carbocycles. The Labute approximate surface area is 107 Å². The van der Waals surface area contributed by atoms with Crippen LogP contribution in [0.1, 0.15) is 24.5 Å². The van der Waals surface area contributed by atoms with E-state index in [2.05, 4.69) is 4.98 Å². The fourth-order valence-electron chi connectivity index (χ4n) is 2.14. The summed E-state index contributed by atoms with van der Waals surface area (Å²) < 4.78 is 13.9. The van der Waals surface area contributed by atoms with Crippen molar-refractivity contribution in [3.63, 3.8) is 0 Å². The lowest BCUT2D eigenvalue weighted by Crippen LogP contribution is -2.39. The normalized spacial score (nSPS) is 14.2. The van der Waals surface area contributed by atoms with E-state index in [1.54, 1.807) is 24.5 Å². The number of nitrogens with zero attached hydrogens (tertiary/aromatic N) is 1. The van der Waals surface area contributed by atoms with Crippen LogP contribution in [0.15, 0.2) is 48.8 Å². The fraction of sp³-hybridized carbons (Fsp3) is 0.267. The van der Waals surface area contributed by atoms with Crippen molar-refractivity contribution in [3.05, 3.63) is 65.7 Å². The van der Waals surface area contributed by atoms with Crippen molar-refractivity contribution in [1.82, 2.24) is 4.98 Å². The van der Waals surface area contributed by atoms with Gasteiger partial charge in [0, 0.05) is 23.5 Å². The zero-order chi connectivity index (χ0) is 13.0. The van der Waals surface area contributed by atoms with Crippen molar-refractivity contribution in [2.45, 2.75) is 25.3 Å². The minimum Gasteiger partial charge on any atom is -0.321 e. The smallest absolute Gasteiger partial charge is 0.128 e. The van der Waals surface area contributed by atoms with Crippen LogP contribution < -0.4 is 5.73 Å². The lowest BCUT2D eigenvalue weighted by Gasteiger charge is -2.29. The Hall–Kier alpha value is -1.74. The van der Waals surface area contributed by atoms with Crippen LogP contribution in [0.5, 0.6) is 0 Å². The molecule has 0 fully saturated rings. The van der Waals surface area contributed by atoms with E-state index in [4.69, 9.17) is 5.73 Å². The molecule has 0 radical (unpaired) electrons. The van der Waals surface area contributed by atoms with Crippen LogP contribution in [0.2, 0.25) is 0 Å². The van der Waals surface area contributed by atoms with Crippen LogP contribution in [0.25, 0.3) is 0 Å². The molecule has 0 aliphatic heterocycles. The maximum Gasteiger partial charge on any atom is 0.128 e. The van der Waals surface area contributed by atoms with Gasteiger partial charge in [-0.05, 0) is 36.6 Å². The molecule has 2 nitrogen and oxygen atoms in total. The van der Waals surface area contributed by atoms with Gasteiger partial charge >= 0.3 is 0 Å². The first-order chi connectivity index (χ1) is 8.65. The summed E-state index contributed by atoms with van der Waals surface area (Å²) in [7, 11) is 0. The van der Waals surface area contributed by atoms with Crippen LogP contribution in [0, 0.1) is 5.82 Å². The molecule has 0 saturated carbocycles. The molecule has 0 spiro atoms. The Morgan fingerprint density at radius 2 is 1.83 bits per heavy atom. The number of benzene rings is 1. The predicted octanol–water partition coefficient (Wildman–Crippen LogP) is 3.03. The average Bonchev–Trinajstić information content (AvgIpc) is 2.40. The summed E-state index contributed by atoms with van der Waals surface area (Å²) in [6.45, 7) is 1.98. The van der Waals surface area contributed by atoms with Gasteiger partial charge in [0.2, 0.25) is 0 Å². The number of hydrogen-bond acceptors (Lipinski definition) is 2. The third-order valence-electron chi connectivity index (χ3n) is 3.31. The SMILES string of the molecule is CCC(N)(Cc1ccncc1)c1ccccc1F. The van der Waals surface area contributed by atoms with E-state index in [-0.39, 0.29) is 5.82 Å². The van der Waals surface area contributed by atoms with E-state index in [1.807, 2.05) is 25.1 Å². The zero-order valence-electron chi connectivity index (χ0n) is 10.4. The molecule has 0 aliphatic rings. The first kappa shape index (κ1) is 12.7. The highest BCUT2D eigenvalue weighted by atomic mass is 19.1. The van der Waals surface area contributed by atoms with E-state index < -0.39 is 5.54 Å². The van der Waals surface area contributed by atoms with Gasteiger partial charge in [-0.2, -0.15) is 0 Å². The van der Waals surface area contributed by atoms with Crippen LogP contribution in [0.4, 0.5) is 4.39 Å². The Kier molecular flexibility index (Phi) is 3.72. The maximum atomic E-state index is 13.9. The highest BCUT2D eigenvalue weighted by Gasteiger charge is 2.28. The molecular weight excluding hydrogens is 227 g/mol. The van der Waals surface area contributed by atoms with Gasteiger partial charge in [0.1, 0.15) is 5.82 Å². The molecule has 3 heteroatoms. The van der Waals surface area contributed by atoms with Crippen molar-refractivity contribution < 1.29 is 4.39 Å². The monoisotopic (exact) mass is 244 g/mol. The number of nitrogens with two attached hydrogens (primary N) is 1. The maximum absolute atomic E-state index is 13.9. The zero-order valence-corrected chi connectivity index (χ0v) is 10.4. The van der Waals surface area contributed by atoms with Crippen molar-refractivity contribution in [1.29, 1.82) is 0 Å². The topological polar surface area (TPSA) is 38.9 Å². The van der Waals surface area contributed by atoms with Gasteiger partial charge in [0.05, 0.1) is 0 Å². The third-order valence-corrected chi connectivity index (χ3v) is 3.31. The molecule has 2 rings (SSSR count). The first-order valence-corrected chi connectivity index (χ1v) is 6.08. The van der Waals surface area contributed by atoms with Gasteiger partial charge in [-0.15, -0.1) is 0 Å². The van der Waals surface area contributed by atoms with E-state index in [1.165, 1.54) is 6.07 Å². The van der Waals surface area contributed by atoms with E-state index in [0.29, 0.717) is 18.4 Å². The minimum atomic E-state index is -0.674. The van der Waals surface area contributed by atoms with Crippen LogP contribution in [-0.4, -0.2) is 4.98 Å². The Morgan fingerprint density at radius 3 is 2.44 bits per heavy atom. The van der Waals surface area contributed by atoms with E-state index >= 15 is 0 Å². The molecule has 1 atom stereocenters. The standard InChI is InChI=1S/C15H17FN2/c1-2-15(17,11-12-7-9-18-10-8-12)13-5-3-4-6-14(13)16/h3-10H,2,11,17H2,1H3. The van der Waals surface area contributed by atoms with Gasteiger partial charge in [-0.3, -0.25) is 4.98 Å². The van der Waals surface area contributed by atoms with Gasteiger partial charge < -0.3 is 5.73 Å².